The molecule has 1 unspecified atom stereocenters. The van der Waals surface area contributed by atoms with Crippen LogP contribution in [0.3, 0.4) is 0 Å². The predicted octanol–water partition coefficient (Wildman–Crippen LogP) is 4.00. The second-order valence-corrected chi connectivity index (χ2v) is 13.6. The number of amides is 2. The third-order valence-corrected chi connectivity index (χ3v) is 9.21. The Morgan fingerprint density at radius 1 is 1.02 bits per heavy atom. The lowest BCUT2D eigenvalue weighted by atomic mass is 9.80. The number of fused-ring (bicyclic) bond motifs is 2. The zero-order chi connectivity index (χ0) is 37.3. The van der Waals surface area contributed by atoms with Crippen LogP contribution in [0.4, 0.5) is 4.79 Å². The van der Waals surface area contributed by atoms with Gasteiger partial charge in [-0.05, 0) is 61.6 Å². The molecule has 0 aromatic heterocycles. The van der Waals surface area contributed by atoms with Gasteiger partial charge in [-0.1, -0.05) is 76.3 Å². The number of nitrogens with one attached hydrogen (secondary N) is 1. The van der Waals surface area contributed by atoms with E-state index in [1.807, 2.05) is 33.8 Å². The van der Waals surface area contributed by atoms with Crippen molar-refractivity contribution in [3.05, 3.63) is 93.8 Å². The molecule has 0 saturated heterocycles. The lowest BCUT2D eigenvalue weighted by Gasteiger charge is -2.28. The zero-order valence-corrected chi connectivity index (χ0v) is 29.5. The van der Waals surface area contributed by atoms with E-state index in [1.165, 1.54) is 30.3 Å². The van der Waals surface area contributed by atoms with E-state index in [9.17, 15) is 39.0 Å². The second kappa shape index (κ2) is 17.7. The van der Waals surface area contributed by atoms with Crippen LogP contribution in [0.2, 0.25) is 0 Å². The van der Waals surface area contributed by atoms with Gasteiger partial charge in [-0.25, -0.2) is 4.79 Å². The largest absolute Gasteiger partial charge is 0.545 e. The molecule has 6 atom stereocenters. The number of benzene rings is 1. The molecule has 50 heavy (non-hydrogen) atoms. The summed E-state index contributed by atoms with van der Waals surface area (Å²) in [7, 11) is 0. The molecular weight excluding hydrogens is 640 g/mol. The van der Waals surface area contributed by atoms with E-state index in [2.05, 4.69) is 5.32 Å². The summed E-state index contributed by atoms with van der Waals surface area (Å²) in [6.07, 6.45) is 6.07. The van der Waals surface area contributed by atoms with E-state index in [-0.39, 0.29) is 83.1 Å². The van der Waals surface area contributed by atoms with Gasteiger partial charge in [0.1, 0.15) is 11.9 Å². The summed E-state index contributed by atoms with van der Waals surface area (Å²) in [5, 5.41) is 24.9. The lowest BCUT2D eigenvalue weighted by molar-refractivity contribution is -0.255. The van der Waals surface area contributed by atoms with Crippen molar-refractivity contribution in [3.63, 3.8) is 0 Å². The number of Topliss-reactive ketones (excluding diaryl/α,β-unsaturated/α-hetero) is 2. The van der Waals surface area contributed by atoms with Gasteiger partial charge in [0.15, 0.2) is 5.78 Å². The van der Waals surface area contributed by atoms with Crippen LogP contribution in [0.5, 0.6) is 0 Å². The van der Waals surface area contributed by atoms with Gasteiger partial charge in [0, 0.05) is 47.5 Å². The molecule has 2 amide bonds. The fraction of sp³-hybridized carbons (Fsp3) is 0.436. The SMILES string of the molecule is C/C1=C\C=C/[C@H](C)[C@@H](OC(N)=O)/C(C)=C/[C@H](C)[C@@H](O)C(C)C[C@H](C)CC2=C(CCC(=O)Cc3ccc(C(=O)[O-])cc3)C(=O)C=C(NC1=O)C2=O. The smallest absolute Gasteiger partial charge is 0.405 e. The van der Waals surface area contributed by atoms with Gasteiger partial charge >= 0.3 is 6.09 Å². The third-order valence-electron chi connectivity index (χ3n) is 9.21. The maximum absolute atomic E-state index is 13.9. The van der Waals surface area contributed by atoms with Crippen molar-refractivity contribution in [2.24, 2.45) is 29.4 Å². The molecule has 0 saturated carbocycles. The number of nitrogens with two attached hydrogens (primary N) is 1. The summed E-state index contributed by atoms with van der Waals surface area (Å²) in [6.45, 7) is 10.8. The molecule has 1 heterocycles. The number of ketones is 3. The van der Waals surface area contributed by atoms with Gasteiger partial charge < -0.3 is 30.8 Å². The molecule has 1 aromatic rings. The van der Waals surface area contributed by atoms with Crippen LogP contribution >= 0.6 is 0 Å². The van der Waals surface area contributed by atoms with Gasteiger partial charge in [0.2, 0.25) is 5.78 Å². The van der Waals surface area contributed by atoms with Crippen molar-refractivity contribution in [1.29, 1.82) is 0 Å². The van der Waals surface area contributed by atoms with Crippen LogP contribution in [0, 0.1) is 23.7 Å². The normalized spacial score (nSPS) is 28.4. The fourth-order valence-corrected chi connectivity index (χ4v) is 6.50. The Kier molecular flexibility index (Phi) is 14.0. The van der Waals surface area contributed by atoms with Crippen molar-refractivity contribution < 1.29 is 43.7 Å². The lowest BCUT2D eigenvalue weighted by Crippen LogP contribution is -2.33. The number of carbonyl (C=O) groups excluding carboxylic acids is 6. The van der Waals surface area contributed by atoms with E-state index in [4.69, 9.17) is 10.5 Å². The summed E-state index contributed by atoms with van der Waals surface area (Å²) in [5.74, 6) is -4.18. The van der Waals surface area contributed by atoms with E-state index in [0.29, 0.717) is 17.6 Å². The number of carbonyl (C=O) groups is 6. The molecule has 0 radical (unpaired) electrons. The molecular formula is C39H47N2O9-. The Bertz CT molecular complexity index is 1660. The first-order valence-electron chi connectivity index (χ1n) is 16.8. The van der Waals surface area contributed by atoms with Crippen LogP contribution < -0.4 is 16.2 Å². The third kappa shape index (κ3) is 10.8. The number of aromatic carboxylic acids is 1. The summed E-state index contributed by atoms with van der Waals surface area (Å²) >= 11 is 0. The standard InChI is InChI=1S/C39H48N2O9/c1-21-16-24(4)34(44)25(5)18-26(6)36(50-39(40)49)22(2)8-7-9-23(3)37(46)41-32-20-33(43)30(31(17-21)35(32)45)15-14-29(42)19-27-10-12-28(13-11-27)38(47)48/h7-13,18,20-22,24-25,34,36,44H,14-17,19H2,1-6H3,(H2,40,49)(H,41,46)(H,47,48)/p-1/b8-7-,23-9+,26-18+/t21-,22-,24?,25-,34-,36+/m0/s1. The quantitative estimate of drug-likeness (QED) is 0.281. The minimum absolute atomic E-state index is 0.00658. The maximum Gasteiger partial charge on any atom is 0.405 e. The van der Waals surface area contributed by atoms with Gasteiger partial charge in [0.25, 0.3) is 5.91 Å². The molecule has 4 N–H and O–H groups in total. The molecule has 3 rings (SSSR count). The highest BCUT2D eigenvalue weighted by Gasteiger charge is 2.32. The van der Waals surface area contributed by atoms with Crippen LogP contribution in [-0.2, 0) is 30.3 Å². The van der Waals surface area contributed by atoms with Crippen LogP contribution in [-0.4, -0.2) is 52.6 Å². The van der Waals surface area contributed by atoms with E-state index >= 15 is 0 Å². The average molecular weight is 688 g/mol. The first-order valence-corrected chi connectivity index (χ1v) is 16.8. The van der Waals surface area contributed by atoms with Crippen LogP contribution in [0.15, 0.2) is 82.6 Å². The summed E-state index contributed by atoms with van der Waals surface area (Å²) in [4.78, 5) is 76.2. The van der Waals surface area contributed by atoms with Crippen molar-refractivity contribution in [3.8, 4) is 0 Å². The molecule has 1 aromatic carbocycles. The predicted molar refractivity (Wildman–Crippen MR) is 185 cm³/mol. The first-order chi connectivity index (χ1) is 23.5. The molecule has 11 heteroatoms. The molecule has 0 fully saturated rings. The van der Waals surface area contributed by atoms with Gasteiger partial charge in [0.05, 0.1) is 17.8 Å². The highest BCUT2D eigenvalue weighted by molar-refractivity contribution is 6.24. The monoisotopic (exact) mass is 687 g/mol. The highest BCUT2D eigenvalue weighted by Crippen LogP contribution is 2.32. The summed E-state index contributed by atoms with van der Waals surface area (Å²) in [6, 6.07) is 5.77. The Hall–Kier alpha value is -4.90. The van der Waals surface area contributed by atoms with Crippen molar-refractivity contribution >= 4 is 35.3 Å². The van der Waals surface area contributed by atoms with E-state index < -0.39 is 41.7 Å². The van der Waals surface area contributed by atoms with Gasteiger partial charge in [-0.15, -0.1) is 0 Å². The van der Waals surface area contributed by atoms with Crippen LogP contribution in [0.25, 0.3) is 0 Å². The first kappa shape index (κ1) is 39.5. The van der Waals surface area contributed by atoms with Crippen molar-refractivity contribution in [1.82, 2.24) is 5.32 Å². The Labute approximate surface area is 293 Å². The number of hydrogen-bond donors (Lipinski definition) is 3. The Morgan fingerprint density at radius 3 is 2.30 bits per heavy atom. The molecule has 11 nitrogen and oxygen atoms in total. The summed E-state index contributed by atoms with van der Waals surface area (Å²) < 4.78 is 5.42. The average Bonchev–Trinajstić information content (AvgIpc) is 3.04. The molecule has 268 valence electrons. The molecule has 2 bridgehead atoms. The number of primary amides is 1. The van der Waals surface area contributed by atoms with E-state index in [1.54, 1.807) is 26.0 Å². The number of rotatable bonds is 7. The van der Waals surface area contributed by atoms with Crippen molar-refractivity contribution in [2.75, 3.05) is 0 Å². The van der Waals surface area contributed by atoms with E-state index in [0.717, 1.165) is 6.08 Å². The highest BCUT2D eigenvalue weighted by atomic mass is 16.6. The number of aliphatic hydroxyl groups excluding tert-OH is 1. The molecule has 2 aliphatic rings. The van der Waals surface area contributed by atoms with Crippen LogP contribution in [0.1, 0.15) is 83.1 Å². The fourth-order valence-electron chi connectivity index (χ4n) is 6.50. The number of carboxylic acid groups (broad SMARTS) is 1. The molecule has 0 spiro atoms. The van der Waals surface area contributed by atoms with Gasteiger partial charge in [-0.2, -0.15) is 0 Å². The minimum Gasteiger partial charge on any atom is -0.545 e. The topological polar surface area (TPSA) is 193 Å². The maximum atomic E-state index is 13.9. The Morgan fingerprint density at radius 2 is 1.68 bits per heavy atom. The second-order valence-electron chi connectivity index (χ2n) is 13.6. The zero-order valence-electron chi connectivity index (χ0n) is 29.5. The number of allylic oxidation sites excluding steroid dienone is 5. The molecule has 1 aliphatic heterocycles. The Balaban J connectivity index is 1.94. The number of carboxylic acids is 1. The van der Waals surface area contributed by atoms with Gasteiger partial charge in [-0.3, -0.25) is 19.2 Å². The number of hydrogen-bond acceptors (Lipinski definition) is 9. The summed E-state index contributed by atoms with van der Waals surface area (Å²) in [5.41, 5.74) is 7.17. The number of aliphatic hydroxyl groups is 1. The van der Waals surface area contributed by atoms with Crippen molar-refractivity contribution in [2.45, 2.75) is 85.9 Å². The molecule has 1 aliphatic carbocycles. The number of ether oxygens (including phenoxy) is 1. The minimum atomic E-state index is -1.32.